The molecular formula is C24H26N4O2S. The average molecular weight is 435 g/mol. The molecule has 0 saturated carbocycles. The van der Waals surface area contributed by atoms with Gasteiger partial charge in [0.15, 0.2) is 0 Å². The van der Waals surface area contributed by atoms with E-state index < -0.39 is 0 Å². The lowest BCUT2D eigenvalue weighted by Crippen LogP contribution is -2.42. The Labute approximate surface area is 184 Å². The molecule has 1 aliphatic heterocycles. The van der Waals surface area contributed by atoms with Crippen LogP contribution in [0.3, 0.4) is 0 Å². The molecule has 7 heteroatoms. The van der Waals surface area contributed by atoms with Gasteiger partial charge in [0.1, 0.15) is 6.54 Å². The molecule has 1 amide bonds. The monoisotopic (exact) mass is 434 g/mol. The van der Waals surface area contributed by atoms with Gasteiger partial charge < -0.3 is 4.90 Å². The summed E-state index contributed by atoms with van der Waals surface area (Å²) in [6.07, 6.45) is 2.87. The number of hydrogen-bond donors (Lipinski definition) is 0. The van der Waals surface area contributed by atoms with Crippen LogP contribution in [0.25, 0.3) is 21.3 Å². The third-order valence-corrected chi connectivity index (χ3v) is 7.30. The molecule has 160 valence electrons. The van der Waals surface area contributed by atoms with Gasteiger partial charge in [0.2, 0.25) is 5.91 Å². The highest BCUT2D eigenvalue weighted by molar-refractivity contribution is 7.18. The van der Waals surface area contributed by atoms with Gasteiger partial charge in [-0.3, -0.25) is 13.9 Å². The number of carbonyl (C=O) groups excluding carboxylic acids is 1. The second kappa shape index (κ2) is 8.30. The van der Waals surface area contributed by atoms with Crippen LogP contribution in [0.2, 0.25) is 0 Å². The van der Waals surface area contributed by atoms with Crippen molar-refractivity contribution < 1.29 is 4.79 Å². The fourth-order valence-corrected chi connectivity index (χ4v) is 5.66. The van der Waals surface area contributed by atoms with E-state index in [4.69, 9.17) is 4.98 Å². The number of aromatic nitrogens is 3. The SMILES string of the molecule is CCCn1c(=O)n(CC(=O)N2CCC[C@H](c3nc4ccccc4s3)C2)c2ccccc21. The van der Waals surface area contributed by atoms with E-state index >= 15 is 0 Å². The van der Waals surface area contributed by atoms with Gasteiger partial charge >= 0.3 is 5.69 Å². The number of para-hydroxylation sites is 3. The fourth-order valence-electron chi connectivity index (χ4n) is 4.57. The molecule has 0 N–H and O–H groups in total. The Hall–Kier alpha value is -2.93. The quantitative estimate of drug-likeness (QED) is 0.472. The summed E-state index contributed by atoms with van der Waals surface area (Å²) in [5, 5.41) is 1.11. The van der Waals surface area contributed by atoms with E-state index in [0.29, 0.717) is 13.1 Å². The number of benzene rings is 2. The molecule has 1 fully saturated rings. The number of piperidine rings is 1. The zero-order chi connectivity index (χ0) is 21.4. The summed E-state index contributed by atoms with van der Waals surface area (Å²) >= 11 is 1.73. The minimum atomic E-state index is -0.101. The summed E-state index contributed by atoms with van der Waals surface area (Å²) in [5.74, 6) is 0.264. The number of fused-ring (bicyclic) bond motifs is 2. The molecule has 2 aromatic heterocycles. The molecule has 0 aliphatic carbocycles. The topological polar surface area (TPSA) is 60.1 Å². The van der Waals surface area contributed by atoms with Crippen molar-refractivity contribution in [1.82, 2.24) is 19.0 Å². The summed E-state index contributed by atoms with van der Waals surface area (Å²) < 4.78 is 4.61. The van der Waals surface area contributed by atoms with E-state index in [1.165, 1.54) is 4.70 Å². The van der Waals surface area contributed by atoms with E-state index in [0.717, 1.165) is 47.4 Å². The van der Waals surface area contributed by atoms with Crippen LogP contribution in [0, 0.1) is 0 Å². The number of likely N-dealkylation sites (tertiary alicyclic amines) is 1. The summed E-state index contributed by atoms with van der Waals surface area (Å²) in [6.45, 7) is 4.20. The zero-order valence-corrected chi connectivity index (χ0v) is 18.5. The van der Waals surface area contributed by atoms with Crippen molar-refractivity contribution >= 4 is 38.5 Å². The summed E-state index contributed by atoms with van der Waals surface area (Å²) in [4.78, 5) is 33.0. The number of imidazole rings is 1. The number of thiazole rings is 1. The maximum atomic E-state index is 13.2. The highest BCUT2D eigenvalue weighted by Gasteiger charge is 2.28. The lowest BCUT2D eigenvalue weighted by atomic mass is 9.98. The van der Waals surface area contributed by atoms with E-state index in [-0.39, 0.29) is 24.1 Å². The molecule has 1 atom stereocenters. The molecule has 4 aromatic rings. The predicted octanol–water partition coefficient (Wildman–Crippen LogP) is 4.23. The van der Waals surface area contributed by atoms with Gasteiger partial charge in [0, 0.05) is 25.6 Å². The third kappa shape index (κ3) is 3.67. The smallest absolute Gasteiger partial charge is 0.329 e. The maximum Gasteiger partial charge on any atom is 0.329 e. The molecule has 0 spiro atoms. The highest BCUT2D eigenvalue weighted by Crippen LogP contribution is 2.33. The minimum absolute atomic E-state index is 0.00677. The summed E-state index contributed by atoms with van der Waals surface area (Å²) in [6, 6.07) is 15.9. The molecule has 1 aliphatic rings. The van der Waals surface area contributed by atoms with Crippen LogP contribution in [-0.2, 0) is 17.9 Å². The van der Waals surface area contributed by atoms with Gasteiger partial charge in [-0.25, -0.2) is 9.78 Å². The Kier molecular flexibility index (Phi) is 5.36. The lowest BCUT2D eigenvalue weighted by molar-refractivity contribution is -0.133. The van der Waals surface area contributed by atoms with Gasteiger partial charge in [0.05, 0.1) is 26.3 Å². The number of rotatable bonds is 5. The van der Waals surface area contributed by atoms with Crippen LogP contribution in [0.5, 0.6) is 0 Å². The first kappa shape index (κ1) is 20.0. The standard InChI is InChI=1S/C24H26N4O2S/c1-2-13-27-19-10-4-5-11-20(19)28(24(27)30)16-22(29)26-14-7-8-17(15-26)23-25-18-9-3-6-12-21(18)31-23/h3-6,9-12,17H,2,7-8,13-16H2,1H3/t17-/m0/s1. The van der Waals surface area contributed by atoms with Crippen LogP contribution in [0.15, 0.2) is 53.3 Å². The predicted molar refractivity (Wildman–Crippen MR) is 125 cm³/mol. The van der Waals surface area contributed by atoms with Crippen molar-refractivity contribution in [2.75, 3.05) is 13.1 Å². The molecular weight excluding hydrogens is 408 g/mol. The molecule has 0 bridgehead atoms. The van der Waals surface area contributed by atoms with E-state index in [2.05, 4.69) is 13.0 Å². The third-order valence-electron chi connectivity index (χ3n) is 6.10. The Morgan fingerprint density at radius 1 is 1.10 bits per heavy atom. The summed E-state index contributed by atoms with van der Waals surface area (Å²) in [7, 11) is 0. The number of carbonyl (C=O) groups is 1. The Morgan fingerprint density at radius 3 is 2.61 bits per heavy atom. The van der Waals surface area contributed by atoms with Crippen LogP contribution in [0.1, 0.15) is 37.1 Å². The van der Waals surface area contributed by atoms with Crippen LogP contribution in [0.4, 0.5) is 0 Å². The fraction of sp³-hybridized carbons (Fsp3) is 0.375. The Bertz CT molecular complexity index is 1270. The Balaban J connectivity index is 1.38. The molecule has 2 aromatic carbocycles. The second-order valence-electron chi connectivity index (χ2n) is 8.21. The van der Waals surface area contributed by atoms with Crippen molar-refractivity contribution in [1.29, 1.82) is 0 Å². The first-order valence-corrected chi connectivity index (χ1v) is 11.8. The van der Waals surface area contributed by atoms with Gasteiger partial charge in [0.25, 0.3) is 0 Å². The second-order valence-corrected chi connectivity index (χ2v) is 9.27. The first-order chi connectivity index (χ1) is 15.2. The number of hydrogen-bond acceptors (Lipinski definition) is 4. The van der Waals surface area contributed by atoms with Gasteiger partial charge in [-0.05, 0) is 43.5 Å². The average Bonchev–Trinajstić information content (AvgIpc) is 3.35. The van der Waals surface area contributed by atoms with Crippen LogP contribution in [-0.4, -0.2) is 38.0 Å². The maximum absolute atomic E-state index is 13.2. The van der Waals surface area contributed by atoms with Crippen molar-refractivity contribution in [3.8, 4) is 0 Å². The molecule has 1 saturated heterocycles. The zero-order valence-electron chi connectivity index (χ0n) is 17.7. The number of aryl methyl sites for hydroxylation is 1. The number of nitrogens with zero attached hydrogens (tertiary/aromatic N) is 4. The van der Waals surface area contributed by atoms with E-state index in [9.17, 15) is 9.59 Å². The molecule has 0 unspecified atom stereocenters. The van der Waals surface area contributed by atoms with Crippen molar-refractivity contribution in [2.24, 2.45) is 0 Å². The van der Waals surface area contributed by atoms with Crippen LogP contribution < -0.4 is 5.69 Å². The van der Waals surface area contributed by atoms with E-state index in [1.54, 1.807) is 20.5 Å². The van der Waals surface area contributed by atoms with Gasteiger partial charge in [-0.15, -0.1) is 11.3 Å². The number of amides is 1. The summed E-state index contributed by atoms with van der Waals surface area (Å²) in [5.41, 5.74) is 2.65. The first-order valence-electron chi connectivity index (χ1n) is 11.0. The molecule has 31 heavy (non-hydrogen) atoms. The highest BCUT2D eigenvalue weighted by atomic mass is 32.1. The van der Waals surface area contributed by atoms with Crippen LogP contribution >= 0.6 is 11.3 Å². The minimum Gasteiger partial charge on any atom is -0.340 e. The van der Waals surface area contributed by atoms with Gasteiger partial charge in [-0.1, -0.05) is 31.2 Å². The molecule has 0 radical (unpaired) electrons. The van der Waals surface area contributed by atoms with Crippen molar-refractivity contribution in [3.05, 3.63) is 64.0 Å². The lowest BCUT2D eigenvalue weighted by Gasteiger charge is -2.32. The molecule has 6 nitrogen and oxygen atoms in total. The largest absolute Gasteiger partial charge is 0.340 e. The normalized spacial score (nSPS) is 16.9. The van der Waals surface area contributed by atoms with E-state index in [1.807, 2.05) is 47.4 Å². The van der Waals surface area contributed by atoms with Gasteiger partial charge in [-0.2, -0.15) is 0 Å². The molecule has 3 heterocycles. The Morgan fingerprint density at radius 2 is 1.84 bits per heavy atom. The molecule has 5 rings (SSSR count). The van der Waals surface area contributed by atoms with Crippen molar-refractivity contribution in [3.63, 3.8) is 0 Å². The van der Waals surface area contributed by atoms with Crippen molar-refractivity contribution in [2.45, 2.75) is 45.2 Å².